The number of piperidine rings is 1. The highest BCUT2D eigenvalue weighted by Crippen LogP contribution is 2.32. The first-order chi connectivity index (χ1) is 12.3. The van der Waals surface area contributed by atoms with E-state index in [9.17, 15) is 18.0 Å². The average molecular weight is 405 g/mol. The number of nitrogens with zero attached hydrogens (tertiary/aromatic N) is 1. The maximum absolute atomic E-state index is 12.8. The number of hydrogen-bond acceptors (Lipinski definition) is 2. The topological polar surface area (TPSA) is 32.3 Å². The van der Waals surface area contributed by atoms with Crippen molar-refractivity contribution in [2.24, 2.45) is 11.8 Å². The van der Waals surface area contributed by atoms with E-state index in [2.05, 4.69) is 12.2 Å². The van der Waals surface area contributed by atoms with Gasteiger partial charge in [0.2, 0.25) is 5.91 Å². The first kappa shape index (κ1) is 22.0. The number of carbonyl (C=O) groups is 1. The third-order valence-corrected chi connectivity index (χ3v) is 5.58. The smallest absolute Gasteiger partial charge is 0.335 e. The highest BCUT2D eigenvalue weighted by molar-refractivity contribution is 5.85. The van der Waals surface area contributed by atoms with Crippen LogP contribution in [0.2, 0.25) is 0 Å². The summed E-state index contributed by atoms with van der Waals surface area (Å²) in [7, 11) is 0. The monoisotopic (exact) mass is 404 g/mol. The Morgan fingerprint density at radius 2 is 1.89 bits per heavy atom. The van der Waals surface area contributed by atoms with E-state index in [4.69, 9.17) is 0 Å². The van der Waals surface area contributed by atoms with Gasteiger partial charge in [-0.15, -0.1) is 12.4 Å². The van der Waals surface area contributed by atoms with Crippen LogP contribution >= 0.6 is 12.4 Å². The van der Waals surface area contributed by atoms with Gasteiger partial charge in [-0.2, -0.15) is 13.2 Å². The lowest BCUT2D eigenvalue weighted by Gasteiger charge is -2.30. The van der Waals surface area contributed by atoms with Crippen molar-refractivity contribution in [1.29, 1.82) is 0 Å². The Labute approximate surface area is 165 Å². The lowest BCUT2D eigenvalue weighted by atomic mass is 9.85. The van der Waals surface area contributed by atoms with Gasteiger partial charge in [0.05, 0.1) is 5.56 Å². The molecule has 2 atom stereocenters. The number of nitrogens with one attached hydrogen (secondary N) is 1. The minimum absolute atomic E-state index is 0. The molecule has 0 radical (unpaired) electrons. The van der Waals surface area contributed by atoms with E-state index < -0.39 is 11.7 Å². The van der Waals surface area contributed by atoms with Gasteiger partial charge < -0.3 is 10.2 Å². The second-order valence-electron chi connectivity index (χ2n) is 7.74. The summed E-state index contributed by atoms with van der Waals surface area (Å²) in [5.74, 6) is 0.981. The zero-order valence-electron chi connectivity index (χ0n) is 15.6. The maximum atomic E-state index is 12.8. The standard InChI is InChI=1S/C20H27F3N2O.ClH/c1-14(16-3-2-10-24-12-16)11-19(26)25(18-8-9-18)13-15-4-6-17(7-5-15)20(21,22)23;/h4-7,14,16,18,24H,2-3,8-13H2,1H3;1H. The van der Waals surface area contributed by atoms with Gasteiger partial charge in [0.1, 0.15) is 0 Å². The molecule has 0 bridgehead atoms. The molecule has 1 aromatic rings. The van der Waals surface area contributed by atoms with Gasteiger partial charge in [0, 0.05) is 19.0 Å². The largest absolute Gasteiger partial charge is 0.416 e. The van der Waals surface area contributed by atoms with Crippen molar-refractivity contribution in [2.45, 2.75) is 57.8 Å². The molecule has 152 valence electrons. The first-order valence-corrected chi connectivity index (χ1v) is 9.51. The molecule has 1 heterocycles. The number of benzene rings is 1. The highest BCUT2D eigenvalue weighted by Gasteiger charge is 2.34. The Hall–Kier alpha value is -1.27. The van der Waals surface area contributed by atoms with Crippen LogP contribution in [0.4, 0.5) is 13.2 Å². The Morgan fingerprint density at radius 1 is 1.22 bits per heavy atom. The summed E-state index contributed by atoms with van der Waals surface area (Å²) in [6.45, 7) is 4.56. The Kier molecular flexibility index (Phi) is 7.57. The molecule has 1 saturated heterocycles. The summed E-state index contributed by atoms with van der Waals surface area (Å²) in [4.78, 5) is 14.7. The summed E-state index contributed by atoms with van der Waals surface area (Å²) in [5, 5.41) is 3.39. The zero-order chi connectivity index (χ0) is 18.7. The van der Waals surface area contributed by atoms with Crippen LogP contribution in [0, 0.1) is 11.8 Å². The molecule has 1 aliphatic heterocycles. The van der Waals surface area contributed by atoms with Gasteiger partial charge in [-0.1, -0.05) is 19.1 Å². The molecule has 1 aromatic carbocycles. The molecule has 2 unspecified atom stereocenters. The molecule has 1 N–H and O–H groups in total. The maximum Gasteiger partial charge on any atom is 0.416 e. The summed E-state index contributed by atoms with van der Waals surface area (Å²) in [5.41, 5.74) is 0.106. The zero-order valence-corrected chi connectivity index (χ0v) is 16.4. The predicted molar refractivity (Wildman–Crippen MR) is 102 cm³/mol. The molecule has 1 aliphatic carbocycles. The van der Waals surface area contributed by atoms with Crippen molar-refractivity contribution in [3.05, 3.63) is 35.4 Å². The van der Waals surface area contributed by atoms with Crippen molar-refractivity contribution < 1.29 is 18.0 Å². The van der Waals surface area contributed by atoms with E-state index in [0.717, 1.165) is 56.5 Å². The molecule has 2 aliphatic rings. The molecule has 7 heteroatoms. The molecule has 1 amide bonds. The summed E-state index contributed by atoms with van der Waals surface area (Å²) in [6.07, 6.45) is 0.486. The van der Waals surface area contributed by atoms with Crippen LogP contribution in [0.15, 0.2) is 24.3 Å². The van der Waals surface area contributed by atoms with Crippen LogP contribution < -0.4 is 5.32 Å². The molecule has 0 spiro atoms. The van der Waals surface area contributed by atoms with E-state index >= 15 is 0 Å². The van der Waals surface area contributed by atoms with Crippen molar-refractivity contribution in [2.75, 3.05) is 13.1 Å². The van der Waals surface area contributed by atoms with E-state index in [1.54, 1.807) is 0 Å². The fraction of sp³-hybridized carbons (Fsp3) is 0.650. The van der Waals surface area contributed by atoms with Gasteiger partial charge in [0.25, 0.3) is 0 Å². The molecule has 1 saturated carbocycles. The highest BCUT2D eigenvalue weighted by atomic mass is 35.5. The molecule has 3 nitrogen and oxygen atoms in total. The SMILES string of the molecule is CC(CC(=O)N(Cc1ccc(C(F)(F)F)cc1)C1CC1)C1CCCNC1.Cl. The Morgan fingerprint density at radius 3 is 2.41 bits per heavy atom. The third-order valence-electron chi connectivity index (χ3n) is 5.58. The Balaban J connectivity index is 0.00000261. The normalized spacial score (nSPS) is 21.3. The molecular formula is C20H28ClF3N2O. The number of amides is 1. The second-order valence-corrected chi connectivity index (χ2v) is 7.74. The summed E-state index contributed by atoms with van der Waals surface area (Å²) in [6, 6.07) is 5.42. The van der Waals surface area contributed by atoms with Crippen LogP contribution in [0.3, 0.4) is 0 Å². The van der Waals surface area contributed by atoms with Gasteiger partial charge in [-0.25, -0.2) is 0 Å². The van der Waals surface area contributed by atoms with Gasteiger partial charge in [-0.3, -0.25) is 4.79 Å². The van der Waals surface area contributed by atoms with Crippen molar-refractivity contribution in [1.82, 2.24) is 10.2 Å². The minimum atomic E-state index is -4.33. The fourth-order valence-corrected chi connectivity index (χ4v) is 3.73. The van der Waals surface area contributed by atoms with Gasteiger partial charge in [0.15, 0.2) is 0 Å². The van der Waals surface area contributed by atoms with Crippen molar-refractivity contribution >= 4 is 18.3 Å². The lowest BCUT2D eigenvalue weighted by Crippen LogP contribution is -2.37. The molecular weight excluding hydrogens is 377 g/mol. The van der Waals surface area contributed by atoms with Crippen LogP contribution in [0.5, 0.6) is 0 Å². The van der Waals surface area contributed by atoms with Gasteiger partial charge in [-0.05, 0) is 68.3 Å². The molecule has 2 fully saturated rings. The minimum Gasteiger partial charge on any atom is -0.335 e. The van der Waals surface area contributed by atoms with Crippen molar-refractivity contribution in [3.63, 3.8) is 0 Å². The number of carbonyl (C=O) groups excluding carboxylic acids is 1. The van der Waals surface area contributed by atoms with E-state index in [1.165, 1.54) is 12.1 Å². The van der Waals surface area contributed by atoms with Gasteiger partial charge >= 0.3 is 6.18 Å². The number of halogens is 4. The fourth-order valence-electron chi connectivity index (χ4n) is 3.73. The predicted octanol–water partition coefficient (Wildman–Crippen LogP) is 4.64. The van der Waals surface area contributed by atoms with E-state index in [-0.39, 0.29) is 24.4 Å². The van der Waals surface area contributed by atoms with Crippen molar-refractivity contribution in [3.8, 4) is 0 Å². The van der Waals surface area contributed by atoms with Crippen LogP contribution in [0.1, 0.15) is 50.2 Å². The second kappa shape index (κ2) is 9.28. The van der Waals surface area contributed by atoms with Crippen LogP contribution in [-0.2, 0) is 17.5 Å². The molecule has 27 heavy (non-hydrogen) atoms. The van der Waals surface area contributed by atoms with E-state index in [1.807, 2.05) is 4.90 Å². The molecule has 3 rings (SSSR count). The quantitative estimate of drug-likeness (QED) is 0.748. The summed E-state index contributed by atoms with van der Waals surface area (Å²) < 4.78 is 38.1. The lowest BCUT2D eigenvalue weighted by molar-refractivity contribution is -0.137. The van der Waals surface area contributed by atoms with E-state index in [0.29, 0.717) is 24.8 Å². The average Bonchev–Trinajstić information content (AvgIpc) is 3.45. The van der Waals surface area contributed by atoms with Crippen LogP contribution in [0.25, 0.3) is 0 Å². The summed E-state index contributed by atoms with van der Waals surface area (Å²) >= 11 is 0. The number of alkyl halides is 3. The Bertz CT molecular complexity index is 611. The number of rotatable bonds is 6. The third kappa shape index (κ3) is 6.11. The first-order valence-electron chi connectivity index (χ1n) is 9.51. The molecule has 0 aromatic heterocycles. The van der Waals surface area contributed by atoms with Crippen LogP contribution in [-0.4, -0.2) is 29.9 Å². The number of hydrogen-bond donors (Lipinski definition) is 1.